The van der Waals surface area contributed by atoms with Gasteiger partial charge in [-0.3, -0.25) is 9.78 Å². The maximum atomic E-state index is 12.2. The van der Waals surface area contributed by atoms with Crippen LogP contribution in [0.3, 0.4) is 0 Å². The lowest BCUT2D eigenvalue weighted by Gasteiger charge is -2.02. The van der Waals surface area contributed by atoms with Crippen LogP contribution in [0.15, 0.2) is 59.6 Å². The van der Waals surface area contributed by atoms with Gasteiger partial charge in [0, 0.05) is 47.2 Å². The highest BCUT2D eigenvalue weighted by Gasteiger charge is 2.10. The predicted octanol–water partition coefficient (Wildman–Crippen LogP) is 4.54. The average Bonchev–Trinajstić information content (AvgIpc) is 3.39. The highest BCUT2D eigenvalue weighted by molar-refractivity contribution is 7.13. The molecule has 4 rings (SSSR count). The Morgan fingerprint density at radius 1 is 0.966 bits per heavy atom. The maximum absolute atomic E-state index is 12.2. The lowest BCUT2D eigenvalue weighted by molar-refractivity contribution is -0.120. The van der Waals surface area contributed by atoms with Crippen molar-refractivity contribution in [3.05, 3.63) is 76.5 Å². The fraction of sp³-hybridized carbons (Fsp3) is 0.182. The summed E-state index contributed by atoms with van der Waals surface area (Å²) >= 11 is 3.16. The van der Waals surface area contributed by atoms with Gasteiger partial charge >= 0.3 is 0 Å². The minimum Gasteiger partial charge on any atom is -0.355 e. The number of hydrogen-bond acceptors (Lipinski definition) is 6. The number of hydrogen-bond donors (Lipinski definition) is 1. The third-order valence-corrected chi connectivity index (χ3v) is 6.24. The third kappa shape index (κ3) is 5.13. The van der Waals surface area contributed by atoms with Crippen LogP contribution in [0.25, 0.3) is 21.1 Å². The fourth-order valence-electron chi connectivity index (χ4n) is 2.82. The molecule has 0 atom stereocenters. The smallest absolute Gasteiger partial charge is 0.226 e. The molecule has 3 heterocycles. The Morgan fingerprint density at radius 2 is 1.69 bits per heavy atom. The van der Waals surface area contributed by atoms with Crippen molar-refractivity contribution in [3.63, 3.8) is 0 Å². The second kappa shape index (κ2) is 9.07. The highest BCUT2D eigenvalue weighted by atomic mass is 32.1. The van der Waals surface area contributed by atoms with E-state index in [1.807, 2.05) is 17.5 Å². The van der Waals surface area contributed by atoms with E-state index in [-0.39, 0.29) is 12.3 Å². The molecule has 0 radical (unpaired) electrons. The molecule has 1 amide bonds. The van der Waals surface area contributed by atoms with Crippen LogP contribution in [0.1, 0.15) is 17.0 Å². The van der Waals surface area contributed by atoms with E-state index in [2.05, 4.69) is 56.8 Å². The molecule has 0 saturated carbocycles. The molecule has 0 aliphatic heterocycles. The topological polar surface area (TPSA) is 67.8 Å². The number of pyridine rings is 1. The number of aryl methyl sites for hydroxylation is 1. The van der Waals surface area contributed by atoms with Gasteiger partial charge in [0.05, 0.1) is 17.8 Å². The van der Waals surface area contributed by atoms with E-state index in [0.29, 0.717) is 13.0 Å². The van der Waals surface area contributed by atoms with Gasteiger partial charge < -0.3 is 5.32 Å². The quantitative estimate of drug-likeness (QED) is 0.477. The van der Waals surface area contributed by atoms with E-state index in [1.54, 1.807) is 23.7 Å². The number of amides is 1. The summed E-state index contributed by atoms with van der Waals surface area (Å²) in [5.41, 5.74) is 5.11. The molecule has 4 aromatic rings. The third-order valence-electron chi connectivity index (χ3n) is 4.36. The molecule has 7 heteroatoms. The molecule has 0 aliphatic carbocycles. The molecule has 0 saturated heterocycles. The van der Waals surface area contributed by atoms with Crippen molar-refractivity contribution >= 4 is 28.6 Å². The number of nitrogens with one attached hydrogen (secondary N) is 1. The van der Waals surface area contributed by atoms with Crippen LogP contribution in [0.4, 0.5) is 0 Å². The van der Waals surface area contributed by atoms with Crippen molar-refractivity contribution in [2.75, 3.05) is 6.54 Å². The largest absolute Gasteiger partial charge is 0.355 e. The van der Waals surface area contributed by atoms with Crippen LogP contribution in [0, 0.1) is 6.92 Å². The van der Waals surface area contributed by atoms with Crippen molar-refractivity contribution in [2.24, 2.45) is 0 Å². The molecular weight excluding hydrogens is 400 g/mol. The van der Waals surface area contributed by atoms with E-state index in [9.17, 15) is 4.79 Å². The highest BCUT2D eigenvalue weighted by Crippen LogP contribution is 2.24. The van der Waals surface area contributed by atoms with Crippen LogP contribution < -0.4 is 5.32 Å². The molecule has 1 aromatic carbocycles. The van der Waals surface area contributed by atoms with E-state index in [0.717, 1.165) is 32.5 Å². The second-order valence-electron chi connectivity index (χ2n) is 6.67. The van der Waals surface area contributed by atoms with Gasteiger partial charge in [-0.15, -0.1) is 22.7 Å². The number of carbonyl (C=O) groups is 1. The Balaban J connectivity index is 1.26. The summed E-state index contributed by atoms with van der Waals surface area (Å²) < 4.78 is 0. The first-order valence-corrected chi connectivity index (χ1v) is 11.1. The first-order valence-electron chi connectivity index (χ1n) is 9.30. The van der Waals surface area contributed by atoms with Gasteiger partial charge in [-0.1, -0.05) is 29.8 Å². The zero-order valence-electron chi connectivity index (χ0n) is 16.0. The van der Waals surface area contributed by atoms with Gasteiger partial charge in [-0.05, 0) is 19.1 Å². The van der Waals surface area contributed by atoms with Gasteiger partial charge in [0.25, 0.3) is 0 Å². The number of rotatable bonds is 7. The molecular formula is C22H20N4OS2. The summed E-state index contributed by atoms with van der Waals surface area (Å²) in [6, 6.07) is 12.2. The van der Waals surface area contributed by atoms with Crippen molar-refractivity contribution in [3.8, 4) is 21.1 Å². The lowest BCUT2D eigenvalue weighted by Crippen LogP contribution is -2.27. The summed E-state index contributed by atoms with van der Waals surface area (Å²) in [6.45, 7) is 2.64. The summed E-state index contributed by atoms with van der Waals surface area (Å²) in [4.78, 5) is 25.6. The zero-order chi connectivity index (χ0) is 20.1. The first kappa shape index (κ1) is 19.4. The van der Waals surface area contributed by atoms with Gasteiger partial charge in [-0.25, -0.2) is 9.97 Å². The Labute approximate surface area is 177 Å². The molecule has 0 spiro atoms. The van der Waals surface area contributed by atoms with Crippen LogP contribution >= 0.6 is 22.7 Å². The normalized spacial score (nSPS) is 10.8. The summed E-state index contributed by atoms with van der Waals surface area (Å²) in [6.07, 6.45) is 4.51. The predicted molar refractivity (Wildman–Crippen MR) is 118 cm³/mol. The number of carbonyl (C=O) groups excluding carboxylic acids is 1. The molecule has 3 aromatic heterocycles. The first-order chi connectivity index (χ1) is 14.2. The van der Waals surface area contributed by atoms with Crippen LogP contribution in [0.2, 0.25) is 0 Å². The Morgan fingerprint density at radius 3 is 2.45 bits per heavy atom. The van der Waals surface area contributed by atoms with Gasteiger partial charge in [0.15, 0.2) is 0 Å². The molecule has 0 fully saturated rings. The van der Waals surface area contributed by atoms with Gasteiger partial charge in [0.2, 0.25) is 5.91 Å². The van der Waals surface area contributed by atoms with E-state index < -0.39 is 0 Å². The van der Waals surface area contributed by atoms with E-state index >= 15 is 0 Å². The Hall–Kier alpha value is -2.90. The average molecular weight is 421 g/mol. The van der Waals surface area contributed by atoms with Crippen molar-refractivity contribution < 1.29 is 4.79 Å². The summed E-state index contributed by atoms with van der Waals surface area (Å²) in [7, 11) is 0. The zero-order valence-corrected chi connectivity index (χ0v) is 17.6. The summed E-state index contributed by atoms with van der Waals surface area (Å²) in [5, 5.41) is 8.84. The number of benzene rings is 1. The van der Waals surface area contributed by atoms with Crippen molar-refractivity contribution in [1.29, 1.82) is 0 Å². The fourth-order valence-corrected chi connectivity index (χ4v) is 4.49. The van der Waals surface area contributed by atoms with E-state index in [1.165, 1.54) is 16.9 Å². The SMILES string of the molecule is Cc1ccc(-c2nc(CCNC(=O)Cc3csc(-c4cccnc4)n3)cs2)cc1. The standard InChI is InChI=1S/C22H20N4OS2/c1-15-4-6-16(7-5-15)21-25-18(13-28-21)8-10-24-20(27)11-19-14-29-22(26-19)17-3-2-9-23-12-17/h2-7,9,12-14H,8,10-11H2,1H3,(H,24,27). The molecule has 5 nitrogen and oxygen atoms in total. The second-order valence-corrected chi connectivity index (χ2v) is 8.39. The van der Waals surface area contributed by atoms with E-state index in [4.69, 9.17) is 0 Å². The van der Waals surface area contributed by atoms with Gasteiger partial charge in [-0.2, -0.15) is 0 Å². The minimum absolute atomic E-state index is 0.0259. The molecule has 146 valence electrons. The Bertz CT molecular complexity index is 1090. The van der Waals surface area contributed by atoms with Crippen LogP contribution in [0.5, 0.6) is 0 Å². The molecule has 0 aliphatic rings. The molecule has 0 bridgehead atoms. The lowest BCUT2D eigenvalue weighted by atomic mass is 10.2. The maximum Gasteiger partial charge on any atom is 0.226 e. The molecule has 1 N–H and O–H groups in total. The molecule has 29 heavy (non-hydrogen) atoms. The minimum atomic E-state index is -0.0259. The van der Waals surface area contributed by atoms with Crippen LogP contribution in [-0.2, 0) is 17.6 Å². The van der Waals surface area contributed by atoms with Crippen LogP contribution in [-0.4, -0.2) is 27.4 Å². The number of aromatic nitrogens is 3. The summed E-state index contributed by atoms with van der Waals surface area (Å²) in [5.74, 6) is -0.0259. The van der Waals surface area contributed by atoms with Gasteiger partial charge in [0.1, 0.15) is 10.0 Å². The van der Waals surface area contributed by atoms with Crippen molar-refractivity contribution in [2.45, 2.75) is 19.8 Å². The van der Waals surface area contributed by atoms with Crippen molar-refractivity contribution in [1.82, 2.24) is 20.3 Å². The monoisotopic (exact) mass is 420 g/mol. The molecule has 0 unspecified atom stereocenters. The number of thiazole rings is 2. The Kier molecular flexibility index (Phi) is 6.07. The number of nitrogens with zero attached hydrogens (tertiary/aromatic N) is 3.